The van der Waals surface area contributed by atoms with Crippen LogP contribution in [0.2, 0.25) is 0 Å². The van der Waals surface area contributed by atoms with E-state index in [0.29, 0.717) is 45.2 Å². The highest BCUT2D eigenvalue weighted by molar-refractivity contribution is 5.76. The first-order chi connectivity index (χ1) is 17.9. The van der Waals surface area contributed by atoms with E-state index in [1.807, 2.05) is 50.5 Å². The van der Waals surface area contributed by atoms with Gasteiger partial charge < -0.3 is 14.4 Å². The summed E-state index contributed by atoms with van der Waals surface area (Å²) in [6.45, 7) is 4.93. The number of allylic oxidation sites excluding steroid dienone is 2. The molecule has 4 nitrogen and oxygen atoms in total. The van der Waals surface area contributed by atoms with Gasteiger partial charge in [0.1, 0.15) is 0 Å². The number of carbonyl (C=O) groups is 1. The van der Waals surface area contributed by atoms with Crippen LogP contribution in [0.15, 0.2) is 72.8 Å². The smallest absolute Gasteiger partial charge is 0.222 e. The van der Waals surface area contributed by atoms with E-state index in [1.54, 1.807) is 4.90 Å². The molecular weight excluding hydrogens is 458 g/mol. The molecule has 2 aromatic carbocycles. The molecule has 3 rings (SSSR count). The van der Waals surface area contributed by atoms with Gasteiger partial charge in [0.25, 0.3) is 0 Å². The van der Waals surface area contributed by atoms with Crippen LogP contribution in [-0.2, 0) is 27.5 Å². The lowest BCUT2D eigenvalue weighted by atomic mass is 9.59. The molecule has 3 atom stereocenters. The lowest BCUT2D eigenvalue weighted by molar-refractivity contribution is -0.131. The summed E-state index contributed by atoms with van der Waals surface area (Å²) in [6.07, 6.45) is 15.1. The SMILES string of the molecule is C#CCC[C@]1(CC(=O)N(C)C)C=C[C@](C)(CCOCc2ccccc2)[C@@H](CCOCc2ccccc2)C1. The standard InChI is InChI=1S/C33H43NO3/c1-5-6-18-33(25-31(35)34(3)4)20-19-32(2,21-23-37-27-29-15-11-8-12-16-29)30(24-33)17-22-36-26-28-13-9-7-10-14-28/h1,7-16,19-20,30H,6,17-18,21-27H2,2-4H3/t30-,32+,33-/m0/s1. The second kappa shape index (κ2) is 14.2. The first-order valence-electron chi connectivity index (χ1n) is 13.4. The first-order valence-corrected chi connectivity index (χ1v) is 13.4. The minimum atomic E-state index is -0.220. The van der Waals surface area contributed by atoms with Crippen molar-refractivity contribution < 1.29 is 14.3 Å². The van der Waals surface area contributed by atoms with E-state index in [1.165, 1.54) is 11.1 Å². The topological polar surface area (TPSA) is 38.8 Å². The minimum absolute atomic E-state index is 0.0341. The molecule has 1 aliphatic rings. The summed E-state index contributed by atoms with van der Waals surface area (Å²) in [5, 5.41) is 0. The zero-order valence-electron chi connectivity index (χ0n) is 22.8. The third-order valence-corrected chi connectivity index (χ3v) is 7.79. The maximum Gasteiger partial charge on any atom is 0.222 e. The monoisotopic (exact) mass is 501 g/mol. The molecule has 0 heterocycles. The zero-order chi connectivity index (χ0) is 26.6. The molecule has 0 unspecified atom stereocenters. The molecule has 0 N–H and O–H groups in total. The van der Waals surface area contributed by atoms with Gasteiger partial charge in [0.15, 0.2) is 0 Å². The molecule has 0 bridgehead atoms. The summed E-state index contributed by atoms with van der Waals surface area (Å²) in [4.78, 5) is 14.5. The van der Waals surface area contributed by atoms with Gasteiger partial charge in [-0.05, 0) is 53.6 Å². The molecule has 37 heavy (non-hydrogen) atoms. The Bertz CT molecular complexity index is 1030. The Hall–Kier alpha value is -2.87. The summed E-state index contributed by atoms with van der Waals surface area (Å²) < 4.78 is 12.2. The number of carbonyl (C=O) groups excluding carboxylic acids is 1. The maximum atomic E-state index is 12.8. The van der Waals surface area contributed by atoms with Crippen LogP contribution in [0.5, 0.6) is 0 Å². The molecule has 198 valence electrons. The predicted octanol–water partition coefficient (Wildman–Crippen LogP) is 6.66. The second-order valence-electron chi connectivity index (χ2n) is 10.9. The fourth-order valence-electron chi connectivity index (χ4n) is 5.25. The molecule has 0 aliphatic heterocycles. The Balaban J connectivity index is 1.70. The van der Waals surface area contributed by atoms with Crippen molar-refractivity contribution in [1.82, 2.24) is 4.90 Å². The number of benzene rings is 2. The number of hydrogen-bond donors (Lipinski definition) is 0. The van der Waals surface area contributed by atoms with Gasteiger partial charge in [0.05, 0.1) is 13.2 Å². The van der Waals surface area contributed by atoms with Gasteiger partial charge in [-0.3, -0.25) is 4.79 Å². The number of hydrogen-bond acceptors (Lipinski definition) is 3. The predicted molar refractivity (Wildman–Crippen MR) is 151 cm³/mol. The maximum absolute atomic E-state index is 12.8. The summed E-state index contributed by atoms with van der Waals surface area (Å²) in [7, 11) is 3.65. The van der Waals surface area contributed by atoms with E-state index in [-0.39, 0.29) is 16.7 Å². The van der Waals surface area contributed by atoms with Crippen molar-refractivity contribution in [3.8, 4) is 12.3 Å². The quantitative estimate of drug-likeness (QED) is 0.165. The van der Waals surface area contributed by atoms with Gasteiger partial charge in [-0.2, -0.15) is 0 Å². The van der Waals surface area contributed by atoms with Crippen LogP contribution in [0.25, 0.3) is 0 Å². The van der Waals surface area contributed by atoms with Crippen molar-refractivity contribution >= 4 is 5.91 Å². The number of amides is 1. The van der Waals surface area contributed by atoms with Crippen LogP contribution >= 0.6 is 0 Å². The lowest BCUT2D eigenvalue weighted by Gasteiger charge is -2.46. The molecule has 1 aliphatic carbocycles. The molecule has 0 aromatic heterocycles. The Morgan fingerprint density at radius 1 is 0.946 bits per heavy atom. The number of rotatable bonds is 14. The van der Waals surface area contributed by atoms with Gasteiger partial charge in [0.2, 0.25) is 5.91 Å². The summed E-state index contributed by atoms with van der Waals surface area (Å²) in [5.74, 6) is 3.31. The van der Waals surface area contributed by atoms with E-state index in [4.69, 9.17) is 15.9 Å². The third kappa shape index (κ3) is 8.88. The molecule has 4 heteroatoms. The van der Waals surface area contributed by atoms with Crippen molar-refractivity contribution in [1.29, 1.82) is 0 Å². The number of ether oxygens (including phenoxy) is 2. The van der Waals surface area contributed by atoms with Crippen molar-refractivity contribution in [2.75, 3.05) is 27.3 Å². The Kier molecular flexibility index (Phi) is 11.0. The van der Waals surface area contributed by atoms with E-state index >= 15 is 0 Å². The van der Waals surface area contributed by atoms with E-state index in [0.717, 1.165) is 25.7 Å². The van der Waals surface area contributed by atoms with Crippen molar-refractivity contribution in [3.05, 3.63) is 83.9 Å². The van der Waals surface area contributed by atoms with Gasteiger partial charge in [-0.25, -0.2) is 0 Å². The highest BCUT2D eigenvalue weighted by Crippen LogP contribution is 2.51. The van der Waals surface area contributed by atoms with Crippen LogP contribution < -0.4 is 0 Å². The summed E-state index contributed by atoms with van der Waals surface area (Å²) >= 11 is 0. The first kappa shape index (κ1) is 28.7. The van der Waals surface area contributed by atoms with Gasteiger partial charge in [-0.1, -0.05) is 79.7 Å². The average molecular weight is 502 g/mol. The van der Waals surface area contributed by atoms with Crippen LogP contribution in [-0.4, -0.2) is 38.1 Å². The van der Waals surface area contributed by atoms with Crippen molar-refractivity contribution in [2.45, 2.75) is 58.7 Å². The summed E-state index contributed by atoms with van der Waals surface area (Å²) in [5.41, 5.74) is 2.12. The lowest BCUT2D eigenvalue weighted by Crippen LogP contribution is -2.40. The average Bonchev–Trinajstić information content (AvgIpc) is 2.91. The Morgan fingerprint density at radius 2 is 1.54 bits per heavy atom. The fourth-order valence-corrected chi connectivity index (χ4v) is 5.25. The molecule has 1 amide bonds. The van der Waals surface area contributed by atoms with Gasteiger partial charge >= 0.3 is 0 Å². The normalized spacial score (nSPS) is 22.9. The Labute approximate surface area is 224 Å². The molecule has 0 fully saturated rings. The zero-order valence-corrected chi connectivity index (χ0v) is 22.8. The summed E-state index contributed by atoms with van der Waals surface area (Å²) in [6, 6.07) is 20.6. The molecule has 0 saturated carbocycles. The van der Waals surface area contributed by atoms with E-state index < -0.39 is 0 Å². The van der Waals surface area contributed by atoms with Crippen molar-refractivity contribution in [3.63, 3.8) is 0 Å². The highest BCUT2D eigenvalue weighted by atomic mass is 16.5. The number of nitrogens with zero attached hydrogens (tertiary/aromatic N) is 1. The highest BCUT2D eigenvalue weighted by Gasteiger charge is 2.43. The minimum Gasteiger partial charge on any atom is -0.377 e. The second-order valence-corrected chi connectivity index (χ2v) is 10.9. The van der Waals surface area contributed by atoms with Crippen LogP contribution in [0.3, 0.4) is 0 Å². The van der Waals surface area contributed by atoms with Crippen LogP contribution in [0, 0.1) is 29.1 Å². The van der Waals surface area contributed by atoms with Crippen LogP contribution in [0.4, 0.5) is 0 Å². The van der Waals surface area contributed by atoms with Gasteiger partial charge in [-0.15, -0.1) is 12.3 Å². The molecular formula is C33H43NO3. The molecule has 2 aromatic rings. The molecule has 0 saturated heterocycles. The number of terminal acetylenes is 1. The van der Waals surface area contributed by atoms with E-state index in [9.17, 15) is 4.79 Å². The van der Waals surface area contributed by atoms with E-state index in [2.05, 4.69) is 49.3 Å². The van der Waals surface area contributed by atoms with Gasteiger partial charge in [0, 0.05) is 40.2 Å². The van der Waals surface area contributed by atoms with Crippen LogP contribution in [0.1, 0.15) is 56.6 Å². The third-order valence-electron chi connectivity index (χ3n) is 7.79. The molecule has 0 spiro atoms. The molecule has 0 radical (unpaired) electrons. The largest absolute Gasteiger partial charge is 0.377 e. The fraction of sp³-hybridized carbons (Fsp3) is 0.485. The Morgan fingerprint density at radius 3 is 2.11 bits per heavy atom. The van der Waals surface area contributed by atoms with Crippen molar-refractivity contribution in [2.24, 2.45) is 16.7 Å².